The topological polar surface area (TPSA) is 12.9 Å². The molecule has 11 heavy (non-hydrogen) atoms. The molecule has 0 unspecified atom stereocenters. The van der Waals surface area contributed by atoms with Crippen molar-refractivity contribution in [3.05, 3.63) is 18.3 Å². The molecule has 0 aromatic carbocycles. The SMILES string of the molecule is CSc1cc(S[CH]=[W])ccn1. The number of rotatable bonds is 3. The van der Waals surface area contributed by atoms with Crippen LogP contribution in [0.15, 0.2) is 28.3 Å². The fourth-order valence-corrected chi connectivity index (χ4v) is 2.75. The van der Waals surface area contributed by atoms with Gasteiger partial charge in [0.25, 0.3) is 0 Å². The molecule has 0 atom stereocenters. The van der Waals surface area contributed by atoms with Crippen LogP contribution in [-0.4, -0.2) is 15.0 Å². The number of hydrogen-bond acceptors (Lipinski definition) is 3. The van der Waals surface area contributed by atoms with E-state index in [0.29, 0.717) is 0 Å². The average molecular weight is 353 g/mol. The number of aromatic nitrogens is 1. The average Bonchev–Trinajstić information content (AvgIpc) is 2.06. The van der Waals surface area contributed by atoms with Crippen molar-refractivity contribution in [3.63, 3.8) is 0 Å². The van der Waals surface area contributed by atoms with Gasteiger partial charge in [0.15, 0.2) is 0 Å². The van der Waals surface area contributed by atoms with Gasteiger partial charge < -0.3 is 0 Å². The second-order valence-electron chi connectivity index (χ2n) is 1.75. The fourth-order valence-electron chi connectivity index (χ4n) is 0.632. The summed E-state index contributed by atoms with van der Waals surface area (Å²) in [6.07, 6.45) is 3.89. The first-order valence-electron chi connectivity index (χ1n) is 2.97. The Kier molecular flexibility index (Phi) is 4.42. The summed E-state index contributed by atoms with van der Waals surface area (Å²) in [5, 5.41) is 1.09. The number of pyridine rings is 1. The van der Waals surface area contributed by atoms with Gasteiger partial charge in [-0.1, -0.05) is 0 Å². The number of thioether (sulfide) groups is 2. The second kappa shape index (κ2) is 5.12. The van der Waals surface area contributed by atoms with E-state index >= 15 is 0 Å². The predicted octanol–water partition coefficient (Wildman–Crippen LogP) is 2.20. The molecule has 0 fully saturated rings. The molecule has 1 nitrogen and oxygen atoms in total. The van der Waals surface area contributed by atoms with Crippen molar-refractivity contribution in [1.82, 2.24) is 4.98 Å². The van der Waals surface area contributed by atoms with Crippen molar-refractivity contribution in [3.8, 4) is 0 Å². The van der Waals surface area contributed by atoms with Crippen LogP contribution in [0.3, 0.4) is 0 Å². The van der Waals surface area contributed by atoms with Crippen LogP contribution in [0.2, 0.25) is 0 Å². The standard InChI is InChI=1S/C7H7NS2.W/c1-9-6-3-4-8-7(5-6)10-2;/h1,3-5H,2H3;. The monoisotopic (exact) mass is 353 g/mol. The molecule has 0 saturated carbocycles. The van der Waals surface area contributed by atoms with E-state index in [1.54, 1.807) is 23.5 Å². The molecule has 0 aliphatic carbocycles. The van der Waals surface area contributed by atoms with Gasteiger partial charge in [-0.15, -0.1) is 0 Å². The summed E-state index contributed by atoms with van der Waals surface area (Å²) in [6.45, 7) is 0. The normalized spacial score (nSPS) is 9.55. The molecular weight excluding hydrogens is 346 g/mol. The Bertz CT molecular complexity index is 252. The minimum atomic E-state index is 1.09. The van der Waals surface area contributed by atoms with E-state index in [-0.39, 0.29) is 0 Å². The molecule has 0 radical (unpaired) electrons. The molecule has 58 valence electrons. The van der Waals surface area contributed by atoms with Crippen LogP contribution in [0.5, 0.6) is 0 Å². The Labute approximate surface area is 85.8 Å². The third kappa shape index (κ3) is 3.10. The molecule has 0 aliphatic heterocycles. The third-order valence-corrected chi connectivity index (χ3v) is 3.40. The van der Waals surface area contributed by atoms with Gasteiger partial charge in [0.1, 0.15) is 0 Å². The van der Waals surface area contributed by atoms with Crippen LogP contribution in [0.1, 0.15) is 0 Å². The van der Waals surface area contributed by atoms with Gasteiger partial charge in [-0.05, 0) is 0 Å². The Hall–Kier alpha value is 0.408. The van der Waals surface area contributed by atoms with Crippen molar-refractivity contribution in [2.75, 3.05) is 6.26 Å². The van der Waals surface area contributed by atoms with Gasteiger partial charge in [0.2, 0.25) is 0 Å². The Morgan fingerprint density at radius 3 is 3.09 bits per heavy atom. The molecule has 0 aliphatic rings. The van der Waals surface area contributed by atoms with Crippen LogP contribution in [0.4, 0.5) is 0 Å². The number of hydrogen-bond donors (Lipinski definition) is 0. The molecule has 1 aromatic rings. The van der Waals surface area contributed by atoms with E-state index in [9.17, 15) is 0 Å². The molecule has 4 heteroatoms. The molecular formula is C7H7NS2W. The summed E-state index contributed by atoms with van der Waals surface area (Å²) in [7, 11) is 0. The van der Waals surface area contributed by atoms with Crippen molar-refractivity contribution in [1.29, 1.82) is 0 Å². The first-order valence-corrected chi connectivity index (χ1v) is 6.77. The van der Waals surface area contributed by atoms with Crippen molar-refractivity contribution < 1.29 is 19.4 Å². The second-order valence-corrected chi connectivity index (χ2v) is 5.55. The van der Waals surface area contributed by atoms with Crippen LogP contribution < -0.4 is 0 Å². The van der Waals surface area contributed by atoms with Crippen LogP contribution >= 0.6 is 23.5 Å². The Balaban J connectivity index is 2.82. The fraction of sp³-hybridized carbons (Fsp3) is 0.143. The molecule has 0 bridgehead atoms. The van der Waals surface area contributed by atoms with E-state index in [1.807, 2.05) is 18.5 Å². The van der Waals surface area contributed by atoms with E-state index in [4.69, 9.17) is 0 Å². The van der Waals surface area contributed by atoms with Crippen molar-refractivity contribution in [2.24, 2.45) is 0 Å². The van der Waals surface area contributed by atoms with E-state index in [2.05, 4.69) is 14.8 Å². The number of nitrogens with zero attached hydrogens (tertiary/aromatic N) is 1. The summed E-state index contributed by atoms with van der Waals surface area (Å²) in [6, 6.07) is 4.14. The van der Waals surface area contributed by atoms with Gasteiger partial charge in [-0.2, -0.15) is 0 Å². The zero-order chi connectivity index (χ0) is 8.10. The Morgan fingerprint density at radius 2 is 2.45 bits per heavy atom. The summed E-state index contributed by atoms with van der Waals surface area (Å²) in [4.78, 5) is 5.46. The van der Waals surface area contributed by atoms with Crippen molar-refractivity contribution >= 4 is 27.3 Å². The minimum absolute atomic E-state index is 1.09. The quantitative estimate of drug-likeness (QED) is 0.774. The molecule has 0 spiro atoms. The first-order chi connectivity index (χ1) is 5.36. The van der Waals surface area contributed by atoms with Gasteiger partial charge in [-0.25, -0.2) is 0 Å². The van der Waals surface area contributed by atoms with Gasteiger partial charge >= 0.3 is 86.1 Å². The predicted molar refractivity (Wildman–Crippen MR) is 47.9 cm³/mol. The summed E-state index contributed by atoms with van der Waals surface area (Å²) < 4.78 is 2.15. The summed E-state index contributed by atoms with van der Waals surface area (Å²) in [5.74, 6) is 0. The molecule has 0 amide bonds. The third-order valence-electron chi connectivity index (χ3n) is 1.10. The van der Waals surface area contributed by atoms with Crippen LogP contribution in [0, 0.1) is 0 Å². The van der Waals surface area contributed by atoms with Crippen molar-refractivity contribution in [2.45, 2.75) is 9.92 Å². The summed E-state index contributed by atoms with van der Waals surface area (Å²) >= 11 is 4.93. The zero-order valence-corrected chi connectivity index (χ0v) is 10.5. The summed E-state index contributed by atoms with van der Waals surface area (Å²) in [5.41, 5.74) is 0. The van der Waals surface area contributed by atoms with Gasteiger partial charge in [-0.3, -0.25) is 0 Å². The van der Waals surface area contributed by atoms with Gasteiger partial charge in [0.05, 0.1) is 0 Å². The van der Waals surface area contributed by atoms with E-state index < -0.39 is 0 Å². The molecule has 1 rings (SSSR count). The maximum atomic E-state index is 4.18. The maximum absolute atomic E-state index is 4.18. The first kappa shape index (κ1) is 9.50. The van der Waals surface area contributed by atoms with Crippen LogP contribution in [0.25, 0.3) is 0 Å². The van der Waals surface area contributed by atoms with Crippen LogP contribution in [-0.2, 0) is 19.4 Å². The molecule has 1 aromatic heterocycles. The van der Waals surface area contributed by atoms with E-state index in [0.717, 1.165) is 5.03 Å². The zero-order valence-electron chi connectivity index (χ0n) is 5.98. The Morgan fingerprint density at radius 1 is 1.64 bits per heavy atom. The molecule has 1 heterocycles. The van der Waals surface area contributed by atoms with Gasteiger partial charge in [0, 0.05) is 0 Å². The molecule has 0 N–H and O–H groups in total. The molecule has 0 saturated heterocycles. The van der Waals surface area contributed by atoms with E-state index in [1.165, 1.54) is 24.2 Å².